The van der Waals surface area contributed by atoms with E-state index in [4.69, 9.17) is 5.73 Å². The molecular weight excluding hydrogens is 554 g/mol. The van der Waals surface area contributed by atoms with Crippen molar-refractivity contribution in [1.82, 2.24) is 10.2 Å². The normalized spacial score (nSPS) is 10.6. The molecule has 0 saturated carbocycles. The molecule has 4 N–H and O–H groups in total. The van der Waals surface area contributed by atoms with Gasteiger partial charge in [0.2, 0.25) is 6.41 Å². The van der Waals surface area contributed by atoms with Crippen molar-refractivity contribution in [2.24, 2.45) is 5.73 Å². The average molecular weight is 646 g/mol. The topological polar surface area (TPSA) is 78.6 Å². The zero-order chi connectivity index (χ0) is 34.4. The summed E-state index contributed by atoms with van der Waals surface area (Å²) < 4.78 is 0. The van der Waals surface area contributed by atoms with E-state index < -0.39 is 0 Å². The number of hydrogen-bond acceptors (Lipinski definition) is 4. The van der Waals surface area contributed by atoms with Gasteiger partial charge in [-0.1, -0.05) is 171 Å². The number of allylic oxidation sites excluding steroid dienone is 1. The van der Waals surface area contributed by atoms with Crippen molar-refractivity contribution in [1.29, 1.82) is 0 Å². The minimum absolute atomic E-state index is 0. The van der Waals surface area contributed by atoms with E-state index in [2.05, 4.69) is 57.1 Å². The third-order valence-corrected chi connectivity index (χ3v) is 7.09. The number of amides is 1. The Bertz CT molecular complexity index is 455. The van der Waals surface area contributed by atoms with Crippen LogP contribution in [0.2, 0.25) is 0 Å². The Labute approximate surface area is 287 Å². The molecule has 0 radical (unpaired) electrons. The van der Waals surface area contributed by atoms with Gasteiger partial charge < -0.3 is 21.1 Å². The highest BCUT2D eigenvalue weighted by molar-refractivity contribution is 5.45. The van der Waals surface area contributed by atoms with Gasteiger partial charge in [-0.05, 0) is 71.6 Å². The number of nitrogens with zero attached hydrogens (tertiary/aromatic N) is 1. The molecule has 278 valence electrons. The second-order valence-electron chi connectivity index (χ2n) is 11.4. The maximum atomic E-state index is 9.92. The molecule has 5 nitrogen and oxygen atoms in total. The zero-order valence-corrected chi connectivity index (χ0v) is 32.1. The fraction of sp³-hybridized carbons (Fsp3) is 0.925. The molecule has 1 atom stereocenters. The molecule has 0 heterocycles. The van der Waals surface area contributed by atoms with Gasteiger partial charge in [0.05, 0.1) is 6.10 Å². The van der Waals surface area contributed by atoms with Crippen LogP contribution in [0, 0.1) is 0 Å². The average Bonchev–Trinajstić information content (AvgIpc) is 3.05. The fourth-order valence-corrected chi connectivity index (χ4v) is 4.34. The molecule has 1 unspecified atom stereocenters. The number of aliphatic hydroxyl groups is 1. The van der Waals surface area contributed by atoms with E-state index >= 15 is 0 Å². The molecule has 1 amide bonds. The van der Waals surface area contributed by atoms with Crippen LogP contribution < -0.4 is 11.1 Å². The first kappa shape index (κ1) is 56.4. The van der Waals surface area contributed by atoms with Crippen LogP contribution in [0.1, 0.15) is 204 Å². The van der Waals surface area contributed by atoms with Gasteiger partial charge in [-0.3, -0.25) is 4.79 Å². The molecule has 0 aliphatic carbocycles. The van der Waals surface area contributed by atoms with Crippen molar-refractivity contribution in [3.05, 3.63) is 12.2 Å². The first-order valence-electron chi connectivity index (χ1n) is 19.4. The van der Waals surface area contributed by atoms with Crippen LogP contribution in [-0.2, 0) is 4.79 Å². The summed E-state index contributed by atoms with van der Waals surface area (Å²) in [4.78, 5) is 12.2. The summed E-state index contributed by atoms with van der Waals surface area (Å²) in [5.74, 6) is 0. The third-order valence-electron chi connectivity index (χ3n) is 7.09. The van der Waals surface area contributed by atoms with E-state index in [1.807, 2.05) is 27.7 Å². The molecule has 45 heavy (non-hydrogen) atoms. The first-order chi connectivity index (χ1) is 21.5. The van der Waals surface area contributed by atoms with E-state index in [0.29, 0.717) is 0 Å². The number of hydrogen-bond donors (Lipinski definition) is 3. The van der Waals surface area contributed by atoms with Gasteiger partial charge in [-0.2, -0.15) is 0 Å². The molecule has 0 spiro atoms. The predicted molar refractivity (Wildman–Crippen MR) is 209 cm³/mol. The number of nitrogens with two attached hydrogens (primary N) is 1. The SMILES string of the molecule is C.CC.CC.CCCCCCCC.CCCCCCCC/C=C/CC(O)CCCCCC.CN(CCCCN)CCCNC=O. The van der Waals surface area contributed by atoms with Gasteiger partial charge in [-0.25, -0.2) is 0 Å². The van der Waals surface area contributed by atoms with Crippen LogP contribution in [0.4, 0.5) is 0 Å². The second-order valence-corrected chi connectivity index (χ2v) is 11.4. The Kier molecular flexibility index (Phi) is 77.7. The van der Waals surface area contributed by atoms with Crippen molar-refractivity contribution in [2.45, 2.75) is 210 Å². The number of aliphatic hydroxyl groups excluding tert-OH is 1. The largest absolute Gasteiger partial charge is 0.393 e. The van der Waals surface area contributed by atoms with Crippen LogP contribution in [-0.4, -0.2) is 55.7 Å². The maximum Gasteiger partial charge on any atom is 0.207 e. The second kappa shape index (κ2) is 62.0. The van der Waals surface area contributed by atoms with Crippen LogP contribution in [0.25, 0.3) is 0 Å². The monoisotopic (exact) mass is 646 g/mol. The molecule has 0 aromatic heterocycles. The highest BCUT2D eigenvalue weighted by atomic mass is 16.3. The van der Waals surface area contributed by atoms with Crippen molar-refractivity contribution in [2.75, 3.05) is 33.2 Å². The highest BCUT2D eigenvalue weighted by Crippen LogP contribution is 2.10. The molecule has 0 rings (SSSR count). The number of unbranched alkanes of at least 4 members (excludes halogenated alkanes) is 15. The number of nitrogens with one attached hydrogen (secondary N) is 1. The third kappa shape index (κ3) is 70.6. The molecule has 5 heteroatoms. The van der Waals surface area contributed by atoms with E-state index in [-0.39, 0.29) is 13.5 Å². The Balaban J connectivity index is -0.000000127. The summed E-state index contributed by atoms with van der Waals surface area (Å²) in [6.45, 7) is 20.7. The van der Waals surface area contributed by atoms with Crippen molar-refractivity contribution < 1.29 is 9.90 Å². The lowest BCUT2D eigenvalue weighted by atomic mass is 10.1. The lowest BCUT2D eigenvalue weighted by Crippen LogP contribution is -2.24. The first-order valence-corrected chi connectivity index (χ1v) is 19.4. The van der Waals surface area contributed by atoms with Gasteiger partial charge in [-0.15, -0.1) is 0 Å². The molecular formula is C40H91N3O2. The quantitative estimate of drug-likeness (QED) is 0.0449. The van der Waals surface area contributed by atoms with E-state index in [0.717, 1.165) is 64.7 Å². The summed E-state index contributed by atoms with van der Waals surface area (Å²) in [5, 5.41) is 12.4. The molecule has 0 aliphatic rings. The molecule has 0 saturated heterocycles. The van der Waals surface area contributed by atoms with Crippen molar-refractivity contribution >= 4 is 6.41 Å². The van der Waals surface area contributed by atoms with Gasteiger partial charge in [0.1, 0.15) is 0 Å². The summed E-state index contributed by atoms with van der Waals surface area (Å²) in [7, 11) is 2.09. The summed E-state index contributed by atoms with van der Waals surface area (Å²) >= 11 is 0. The Morgan fingerprint density at radius 1 is 0.644 bits per heavy atom. The van der Waals surface area contributed by atoms with Crippen molar-refractivity contribution in [3.8, 4) is 0 Å². The maximum absolute atomic E-state index is 9.92. The number of carbonyl (C=O) groups is 1. The lowest BCUT2D eigenvalue weighted by molar-refractivity contribution is -0.109. The Morgan fingerprint density at radius 3 is 1.56 bits per heavy atom. The number of carbonyl (C=O) groups excluding carboxylic acids is 1. The minimum atomic E-state index is -0.113. The molecule has 0 bridgehead atoms. The van der Waals surface area contributed by atoms with Gasteiger partial charge in [0.15, 0.2) is 0 Å². The van der Waals surface area contributed by atoms with E-state index in [9.17, 15) is 9.90 Å². The predicted octanol–water partition coefficient (Wildman–Crippen LogP) is 11.9. The Morgan fingerprint density at radius 2 is 1.09 bits per heavy atom. The molecule has 0 aliphatic heterocycles. The number of rotatable bonds is 28. The smallest absolute Gasteiger partial charge is 0.207 e. The van der Waals surface area contributed by atoms with Crippen LogP contribution in [0.15, 0.2) is 12.2 Å². The fourth-order valence-electron chi connectivity index (χ4n) is 4.34. The lowest BCUT2D eigenvalue weighted by Gasteiger charge is -2.15. The Hall–Kier alpha value is -0.910. The van der Waals surface area contributed by atoms with Crippen LogP contribution >= 0.6 is 0 Å². The van der Waals surface area contributed by atoms with Gasteiger partial charge in [0, 0.05) is 6.54 Å². The van der Waals surface area contributed by atoms with Gasteiger partial charge in [0.25, 0.3) is 0 Å². The van der Waals surface area contributed by atoms with Gasteiger partial charge >= 0.3 is 0 Å². The molecule has 0 fully saturated rings. The van der Waals surface area contributed by atoms with E-state index in [1.54, 1.807) is 0 Å². The zero-order valence-electron chi connectivity index (χ0n) is 32.1. The minimum Gasteiger partial charge on any atom is -0.393 e. The standard InChI is InChI=1S/C18H36O.C9H21N3O.C8H18.2C2H6.CH4/c1-3-5-7-9-10-11-12-13-15-17-18(19)16-14-8-6-4-2;1-12(7-3-2-5-10)8-4-6-11-9-13;1-3-5-7-8-6-4-2;2*1-2;/h13,15,18-19H,3-12,14,16-17H2,1-2H3;9H,2-8,10H2,1H3,(H,11,13);3-8H2,1-2H3;2*1-2H3;1H4/b15-13+;;;;;. The highest BCUT2D eigenvalue weighted by Gasteiger charge is 2.00. The summed E-state index contributed by atoms with van der Waals surface area (Å²) in [5.41, 5.74) is 5.39. The summed E-state index contributed by atoms with van der Waals surface area (Å²) in [6, 6.07) is 0. The van der Waals surface area contributed by atoms with E-state index in [1.165, 1.54) is 109 Å². The molecule has 0 aromatic rings. The van der Waals surface area contributed by atoms with Crippen LogP contribution in [0.3, 0.4) is 0 Å². The van der Waals surface area contributed by atoms with Crippen LogP contribution in [0.5, 0.6) is 0 Å². The summed E-state index contributed by atoms with van der Waals surface area (Å²) in [6.07, 6.45) is 33.1. The van der Waals surface area contributed by atoms with Crippen molar-refractivity contribution in [3.63, 3.8) is 0 Å². The molecule has 0 aromatic carbocycles.